The van der Waals surface area contributed by atoms with E-state index in [0.29, 0.717) is 12.6 Å². The predicted octanol–water partition coefficient (Wildman–Crippen LogP) is 2.93. The smallest absolute Gasteiger partial charge is 0.0234 e. The molecule has 1 unspecified atom stereocenters. The molecule has 0 radical (unpaired) electrons. The van der Waals surface area contributed by atoms with E-state index in [1.165, 1.54) is 21.9 Å². The molecule has 1 atom stereocenters. The van der Waals surface area contributed by atoms with Crippen molar-refractivity contribution in [3.8, 4) is 0 Å². The molecule has 0 saturated heterocycles. The Balaban J connectivity index is 2.22. The predicted molar refractivity (Wildman–Crippen MR) is 78.7 cm³/mol. The lowest BCUT2D eigenvalue weighted by Crippen LogP contribution is -2.34. The van der Waals surface area contributed by atoms with E-state index >= 15 is 0 Å². The number of likely N-dealkylation sites (N-methyl/N-ethyl adjacent to an activating group) is 1. The van der Waals surface area contributed by atoms with Gasteiger partial charge in [-0.2, -0.15) is 0 Å². The van der Waals surface area contributed by atoms with Crippen molar-refractivity contribution in [3.63, 3.8) is 0 Å². The Morgan fingerprint density at radius 2 is 1.78 bits per heavy atom. The second-order valence-electron chi connectivity index (χ2n) is 5.18. The van der Waals surface area contributed by atoms with Crippen molar-refractivity contribution in [2.24, 2.45) is 5.73 Å². The lowest BCUT2D eigenvalue weighted by molar-refractivity contribution is 0.255. The van der Waals surface area contributed by atoms with E-state index in [2.05, 4.69) is 62.2 Å². The van der Waals surface area contributed by atoms with E-state index in [9.17, 15) is 0 Å². The number of benzene rings is 2. The van der Waals surface area contributed by atoms with Crippen LogP contribution in [0.3, 0.4) is 0 Å². The number of hydrogen-bond acceptors (Lipinski definition) is 2. The molecule has 0 saturated carbocycles. The van der Waals surface area contributed by atoms with Crippen LogP contribution in [0.1, 0.15) is 18.1 Å². The lowest BCUT2D eigenvalue weighted by atomic mass is 10.0. The molecule has 0 aromatic heterocycles. The number of rotatable bonds is 4. The highest BCUT2D eigenvalue weighted by molar-refractivity contribution is 5.83. The summed E-state index contributed by atoms with van der Waals surface area (Å²) in [6.07, 6.45) is 0. The van der Waals surface area contributed by atoms with Crippen molar-refractivity contribution in [3.05, 3.63) is 47.5 Å². The van der Waals surface area contributed by atoms with Crippen LogP contribution in [0, 0.1) is 6.92 Å². The highest BCUT2D eigenvalue weighted by atomic mass is 15.1. The zero-order valence-electron chi connectivity index (χ0n) is 11.5. The third-order valence-corrected chi connectivity index (χ3v) is 3.59. The second kappa shape index (κ2) is 5.51. The number of aryl methyl sites for hydroxylation is 1. The van der Waals surface area contributed by atoms with Gasteiger partial charge in [0.05, 0.1) is 0 Å². The Hall–Kier alpha value is -1.38. The second-order valence-corrected chi connectivity index (χ2v) is 5.18. The van der Waals surface area contributed by atoms with Crippen LogP contribution in [0.15, 0.2) is 36.4 Å². The zero-order chi connectivity index (χ0) is 13.1. The van der Waals surface area contributed by atoms with E-state index in [1.807, 2.05) is 0 Å². The number of hydrogen-bond donors (Lipinski definition) is 1. The van der Waals surface area contributed by atoms with Gasteiger partial charge in [0, 0.05) is 19.1 Å². The van der Waals surface area contributed by atoms with Gasteiger partial charge >= 0.3 is 0 Å². The average Bonchev–Trinajstić information content (AvgIpc) is 2.38. The van der Waals surface area contributed by atoms with Crippen LogP contribution in [-0.4, -0.2) is 24.5 Å². The summed E-state index contributed by atoms with van der Waals surface area (Å²) in [4.78, 5) is 2.29. The summed E-state index contributed by atoms with van der Waals surface area (Å²) >= 11 is 0. The van der Waals surface area contributed by atoms with Crippen LogP contribution in [-0.2, 0) is 6.54 Å². The molecule has 2 nitrogen and oxygen atoms in total. The fourth-order valence-electron chi connectivity index (χ4n) is 2.14. The maximum absolute atomic E-state index is 5.69. The Bertz CT molecular complexity index is 534. The van der Waals surface area contributed by atoms with Crippen molar-refractivity contribution in [2.75, 3.05) is 13.6 Å². The molecule has 0 aliphatic carbocycles. The van der Waals surface area contributed by atoms with Crippen LogP contribution >= 0.6 is 0 Å². The van der Waals surface area contributed by atoms with E-state index in [1.54, 1.807) is 0 Å². The van der Waals surface area contributed by atoms with Gasteiger partial charge in [0.2, 0.25) is 0 Å². The maximum Gasteiger partial charge on any atom is 0.0234 e. The van der Waals surface area contributed by atoms with Gasteiger partial charge in [-0.3, -0.25) is 4.90 Å². The first kappa shape index (κ1) is 13.1. The minimum Gasteiger partial charge on any atom is -0.329 e. The van der Waals surface area contributed by atoms with Crippen molar-refractivity contribution in [1.82, 2.24) is 4.90 Å². The topological polar surface area (TPSA) is 29.3 Å². The third-order valence-electron chi connectivity index (χ3n) is 3.59. The quantitative estimate of drug-likeness (QED) is 0.893. The summed E-state index contributed by atoms with van der Waals surface area (Å²) in [7, 11) is 2.12. The minimum atomic E-state index is 0.415. The van der Waals surface area contributed by atoms with Crippen LogP contribution in [0.2, 0.25) is 0 Å². The molecule has 0 bridgehead atoms. The molecule has 2 N–H and O–H groups in total. The molecule has 0 heterocycles. The molecule has 2 rings (SSSR count). The lowest BCUT2D eigenvalue weighted by Gasteiger charge is -2.23. The highest BCUT2D eigenvalue weighted by Gasteiger charge is 2.07. The molecule has 18 heavy (non-hydrogen) atoms. The molecular weight excluding hydrogens is 220 g/mol. The van der Waals surface area contributed by atoms with Gasteiger partial charge < -0.3 is 5.73 Å². The van der Waals surface area contributed by atoms with E-state index in [-0.39, 0.29) is 0 Å². The summed E-state index contributed by atoms with van der Waals surface area (Å²) in [5.41, 5.74) is 8.34. The molecule has 2 heteroatoms. The van der Waals surface area contributed by atoms with Crippen LogP contribution in [0.4, 0.5) is 0 Å². The number of fused-ring (bicyclic) bond motifs is 1. The van der Waals surface area contributed by atoms with Gasteiger partial charge in [-0.15, -0.1) is 0 Å². The molecule has 0 aliphatic rings. The third kappa shape index (κ3) is 2.89. The van der Waals surface area contributed by atoms with Crippen LogP contribution < -0.4 is 5.73 Å². The highest BCUT2D eigenvalue weighted by Crippen LogP contribution is 2.18. The zero-order valence-corrected chi connectivity index (χ0v) is 11.5. The normalized spacial score (nSPS) is 13.2. The van der Waals surface area contributed by atoms with Gasteiger partial charge in [-0.05, 0) is 43.3 Å². The Morgan fingerprint density at radius 3 is 2.50 bits per heavy atom. The van der Waals surface area contributed by atoms with Gasteiger partial charge in [0.15, 0.2) is 0 Å². The average molecular weight is 242 g/mol. The first-order valence-electron chi connectivity index (χ1n) is 6.50. The summed E-state index contributed by atoms with van der Waals surface area (Å²) in [6.45, 7) is 5.93. The maximum atomic E-state index is 5.69. The van der Waals surface area contributed by atoms with E-state index < -0.39 is 0 Å². The standard InChI is InChI=1S/C16H22N2/c1-12-4-6-16-9-14(5-7-15(16)8-12)11-18(3)13(2)10-17/h4-9,13H,10-11,17H2,1-3H3. The molecule has 2 aromatic rings. The largest absolute Gasteiger partial charge is 0.329 e. The molecule has 0 amide bonds. The summed E-state index contributed by atoms with van der Waals surface area (Å²) < 4.78 is 0. The summed E-state index contributed by atoms with van der Waals surface area (Å²) in [6, 6.07) is 13.7. The van der Waals surface area contributed by atoms with Crippen LogP contribution in [0.25, 0.3) is 10.8 Å². The molecule has 2 aromatic carbocycles. The molecule has 0 aliphatic heterocycles. The Morgan fingerprint density at radius 1 is 1.11 bits per heavy atom. The van der Waals surface area contributed by atoms with E-state index in [0.717, 1.165) is 6.54 Å². The van der Waals surface area contributed by atoms with E-state index in [4.69, 9.17) is 5.73 Å². The molecule has 0 spiro atoms. The van der Waals surface area contributed by atoms with Crippen molar-refractivity contribution in [1.29, 1.82) is 0 Å². The van der Waals surface area contributed by atoms with Crippen molar-refractivity contribution in [2.45, 2.75) is 26.4 Å². The Labute approximate surface area is 109 Å². The van der Waals surface area contributed by atoms with Crippen molar-refractivity contribution >= 4 is 10.8 Å². The van der Waals surface area contributed by atoms with Gasteiger partial charge in [-0.1, -0.05) is 35.9 Å². The molecule has 0 fully saturated rings. The summed E-state index contributed by atoms with van der Waals surface area (Å²) in [5.74, 6) is 0. The fourth-order valence-corrected chi connectivity index (χ4v) is 2.14. The Kier molecular flexibility index (Phi) is 4.00. The van der Waals surface area contributed by atoms with Gasteiger partial charge in [0.1, 0.15) is 0 Å². The SMILES string of the molecule is Cc1ccc2cc(CN(C)C(C)CN)ccc2c1. The van der Waals surface area contributed by atoms with Gasteiger partial charge in [-0.25, -0.2) is 0 Å². The number of nitrogens with two attached hydrogens (primary N) is 1. The fraction of sp³-hybridized carbons (Fsp3) is 0.375. The monoisotopic (exact) mass is 242 g/mol. The van der Waals surface area contributed by atoms with Crippen LogP contribution in [0.5, 0.6) is 0 Å². The number of nitrogens with zero attached hydrogens (tertiary/aromatic N) is 1. The minimum absolute atomic E-state index is 0.415. The summed E-state index contributed by atoms with van der Waals surface area (Å²) in [5, 5.41) is 2.63. The molecule has 96 valence electrons. The first-order valence-corrected chi connectivity index (χ1v) is 6.50. The van der Waals surface area contributed by atoms with Crippen molar-refractivity contribution < 1.29 is 0 Å². The first-order chi connectivity index (χ1) is 8.60. The van der Waals surface area contributed by atoms with Gasteiger partial charge in [0.25, 0.3) is 0 Å². The molecular formula is C16H22N2.